The van der Waals surface area contributed by atoms with Gasteiger partial charge in [-0.2, -0.15) is 0 Å². The highest BCUT2D eigenvalue weighted by Gasteiger charge is 2.20. The summed E-state index contributed by atoms with van der Waals surface area (Å²) in [7, 11) is 2.12. The van der Waals surface area contributed by atoms with Crippen LogP contribution in [-0.4, -0.2) is 34.8 Å². The summed E-state index contributed by atoms with van der Waals surface area (Å²) in [5.41, 5.74) is 4.64. The minimum absolute atomic E-state index is 0.763. The zero-order valence-electron chi connectivity index (χ0n) is 15.6. The fourth-order valence-electron chi connectivity index (χ4n) is 3.41. The van der Waals surface area contributed by atoms with E-state index >= 15 is 0 Å². The molecule has 0 spiro atoms. The molecule has 0 fully saturated rings. The van der Waals surface area contributed by atoms with Gasteiger partial charge in [0, 0.05) is 48.6 Å². The first-order valence-corrected chi connectivity index (χ1v) is 10.3. The molecule has 0 radical (unpaired) electrons. The Morgan fingerprint density at radius 1 is 1.15 bits per heavy atom. The van der Waals surface area contributed by atoms with E-state index in [4.69, 9.17) is 9.97 Å². The first kappa shape index (κ1) is 17.9. The third-order valence-corrected chi connectivity index (χ3v) is 5.49. The Morgan fingerprint density at radius 3 is 2.81 bits per heavy atom. The molecule has 1 N–H and O–H groups in total. The van der Waals surface area contributed by atoms with Crippen LogP contribution in [-0.2, 0) is 19.5 Å². The van der Waals surface area contributed by atoms with Crippen molar-refractivity contribution in [2.45, 2.75) is 24.4 Å². The molecule has 0 bridgehead atoms. The number of aromatic nitrogens is 3. The van der Waals surface area contributed by atoms with Gasteiger partial charge in [-0.25, -0.2) is 9.97 Å². The van der Waals surface area contributed by atoms with Crippen LogP contribution in [0.4, 0.5) is 5.82 Å². The molecule has 4 rings (SSSR count). The average Bonchev–Trinajstić information content (AvgIpc) is 2.73. The van der Waals surface area contributed by atoms with E-state index in [-0.39, 0.29) is 0 Å². The van der Waals surface area contributed by atoms with Crippen LogP contribution in [0.25, 0.3) is 11.4 Å². The maximum atomic E-state index is 4.95. The summed E-state index contributed by atoms with van der Waals surface area (Å²) in [6.07, 6.45) is 6.63. The summed E-state index contributed by atoms with van der Waals surface area (Å²) < 4.78 is 0. The number of rotatable bonds is 5. The quantitative estimate of drug-likeness (QED) is 0.687. The molecular weight excluding hydrogens is 354 g/mol. The number of benzene rings is 1. The van der Waals surface area contributed by atoms with Crippen molar-refractivity contribution >= 4 is 17.6 Å². The van der Waals surface area contributed by atoms with Crippen LogP contribution in [0, 0.1) is 0 Å². The van der Waals surface area contributed by atoms with Gasteiger partial charge in [-0.05, 0) is 49.1 Å². The molecule has 1 aliphatic rings. The fraction of sp³-hybridized carbons (Fsp3) is 0.286. The molecule has 1 aliphatic heterocycles. The van der Waals surface area contributed by atoms with Gasteiger partial charge in [0.05, 0.1) is 5.69 Å². The van der Waals surface area contributed by atoms with Crippen molar-refractivity contribution in [3.8, 4) is 11.4 Å². The van der Waals surface area contributed by atoms with Gasteiger partial charge < -0.3 is 10.2 Å². The lowest BCUT2D eigenvalue weighted by atomic mass is 10.1. The molecule has 1 aromatic carbocycles. The van der Waals surface area contributed by atoms with Crippen molar-refractivity contribution in [1.29, 1.82) is 0 Å². The van der Waals surface area contributed by atoms with Gasteiger partial charge in [-0.1, -0.05) is 12.1 Å². The lowest BCUT2D eigenvalue weighted by Gasteiger charge is -2.26. The van der Waals surface area contributed by atoms with Crippen molar-refractivity contribution in [1.82, 2.24) is 20.3 Å². The smallest absolute Gasteiger partial charge is 0.161 e. The largest absolute Gasteiger partial charge is 0.355 e. The van der Waals surface area contributed by atoms with Crippen LogP contribution < -0.4 is 10.2 Å². The van der Waals surface area contributed by atoms with E-state index in [0.29, 0.717) is 0 Å². The molecule has 6 heteroatoms. The predicted octanol–water partition coefficient (Wildman–Crippen LogP) is 3.54. The molecule has 0 aliphatic carbocycles. The summed E-state index contributed by atoms with van der Waals surface area (Å²) >= 11 is 1.77. The second-order valence-corrected chi connectivity index (χ2v) is 7.55. The van der Waals surface area contributed by atoms with Crippen molar-refractivity contribution < 1.29 is 0 Å². The number of hydrogen-bond acceptors (Lipinski definition) is 6. The highest BCUT2D eigenvalue weighted by atomic mass is 32.2. The van der Waals surface area contributed by atoms with Crippen LogP contribution >= 0.6 is 11.8 Å². The number of nitrogens with one attached hydrogen (secondary N) is 1. The zero-order chi connectivity index (χ0) is 18.6. The van der Waals surface area contributed by atoms with Gasteiger partial charge >= 0.3 is 0 Å². The van der Waals surface area contributed by atoms with Crippen molar-refractivity contribution in [3.05, 3.63) is 65.6 Å². The highest BCUT2D eigenvalue weighted by Crippen LogP contribution is 2.28. The van der Waals surface area contributed by atoms with E-state index in [2.05, 4.69) is 52.8 Å². The number of fused-ring (bicyclic) bond motifs is 1. The number of thioether (sulfide) groups is 1. The van der Waals surface area contributed by atoms with E-state index in [0.717, 1.165) is 49.0 Å². The summed E-state index contributed by atoms with van der Waals surface area (Å²) in [5.74, 6) is 1.79. The fourth-order valence-corrected chi connectivity index (χ4v) is 3.89. The van der Waals surface area contributed by atoms with E-state index in [1.54, 1.807) is 24.2 Å². The third kappa shape index (κ3) is 3.96. The minimum Gasteiger partial charge on any atom is -0.355 e. The highest BCUT2D eigenvalue weighted by molar-refractivity contribution is 7.98. The maximum Gasteiger partial charge on any atom is 0.161 e. The number of pyridine rings is 1. The predicted molar refractivity (Wildman–Crippen MR) is 111 cm³/mol. The molecular formula is C21H23N5S. The van der Waals surface area contributed by atoms with Gasteiger partial charge in [0.1, 0.15) is 5.82 Å². The molecule has 0 unspecified atom stereocenters. The van der Waals surface area contributed by atoms with Crippen LogP contribution in [0.5, 0.6) is 0 Å². The second-order valence-electron chi connectivity index (χ2n) is 6.67. The standard InChI is InChI=1S/C21H23N5S/c1-26(14-15-4-3-5-17(12-15)27-2)21-18-8-11-23-13-19(18)24-20(25-21)16-6-9-22-10-7-16/h3-7,9-10,12,23H,8,11,13-14H2,1-2H3. The normalized spacial score (nSPS) is 13.3. The Balaban J connectivity index is 1.71. The van der Waals surface area contributed by atoms with Crippen LogP contribution in [0.15, 0.2) is 53.7 Å². The topological polar surface area (TPSA) is 53.9 Å². The van der Waals surface area contributed by atoms with E-state index in [9.17, 15) is 0 Å². The monoisotopic (exact) mass is 377 g/mol. The van der Waals surface area contributed by atoms with Crippen molar-refractivity contribution in [2.75, 3.05) is 24.7 Å². The van der Waals surface area contributed by atoms with Crippen molar-refractivity contribution in [3.63, 3.8) is 0 Å². The second kappa shape index (κ2) is 8.06. The SMILES string of the molecule is CSc1cccc(CN(C)c2nc(-c3ccncc3)nc3c2CCNC3)c1. The molecule has 2 aromatic heterocycles. The van der Waals surface area contributed by atoms with Crippen LogP contribution in [0.1, 0.15) is 16.8 Å². The van der Waals surface area contributed by atoms with Crippen LogP contribution in [0.2, 0.25) is 0 Å². The Hall–Kier alpha value is -2.44. The van der Waals surface area contributed by atoms with Crippen molar-refractivity contribution in [2.24, 2.45) is 0 Å². The number of anilines is 1. The van der Waals surface area contributed by atoms with E-state index in [1.165, 1.54) is 16.0 Å². The molecule has 0 amide bonds. The van der Waals surface area contributed by atoms with Gasteiger partial charge in [-0.3, -0.25) is 4.98 Å². The Bertz CT molecular complexity index is 929. The number of nitrogens with zero attached hydrogens (tertiary/aromatic N) is 4. The summed E-state index contributed by atoms with van der Waals surface area (Å²) in [6, 6.07) is 12.6. The van der Waals surface area contributed by atoms with Gasteiger partial charge in [0.25, 0.3) is 0 Å². The molecule has 138 valence electrons. The molecule has 0 atom stereocenters. The van der Waals surface area contributed by atoms with E-state index in [1.807, 2.05) is 12.1 Å². The Labute approximate surface area is 164 Å². The lowest BCUT2D eigenvalue weighted by Crippen LogP contribution is -2.29. The van der Waals surface area contributed by atoms with Gasteiger partial charge in [-0.15, -0.1) is 11.8 Å². The summed E-state index contributed by atoms with van der Waals surface area (Å²) in [6.45, 7) is 2.58. The Kier molecular flexibility index (Phi) is 5.36. The minimum atomic E-state index is 0.763. The van der Waals surface area contributed by atoms with Crippen LogP contribution in [0.3, 0.4) is 0 Å². The molecule has 27 heavy (non-hydrogen) atoms. The summed E-state index contributed by atoms with van der Waals surface area (Å²) in [4.78, 5) is 17.4. The Morgan fingerprint density at radius 2 is 2.00 bits per heavy atom. The molecule has 0 saturated carbocycles. The summed E-state index contributed by atoms with van der Waals surface area (Å²) in [5, 5.41) is 3.43. The zero-order valence-corrected chi connectivity index (χ0v) is 16.5. The molecule has 3 aromatic rings. The van der Waals surface area contributed by atoms with E-state index < -0.39 is 0 Å². The lowest BCUT2D eigenvalue weighted by molar-refractivity contribution is 0.621. The van der Waals surface area contributed by atoms with Gasteiger partial charge in [0.15, 0.2) is 5.82 Å². The maximum absolute atomic E-state index is 4.95. The first-order valence-electron chi connectivity index (χ1n) is 9.09. The third-order valence-electron chi connectivity index (χ3n) is 4.77. The van der Waals surface area contributed by atoms with Gasteiger partial charge in [0.2, 0.25) is 0 Å². The molecule has 5 nitrogen and oxygen atoms in total. The molecule has 3 heterocycles. The number of hydrogen-bond donors (Lipinski definition) is 1. The first-order chi connectivity index (χ1) is 13.2. The average molecular weight is 378 g/mol. The molecule has 0 saturated heterocycles.